The molecule has 0 rings (SSSR count). The number of aliphatic hydroxyl groups excluding tert-OH is 2. The number of quaternary nitrogens is 2. The molecule has 0 bridgehead atoms. The van der Waals surface area contributed by atoms with Crippen LogP contribution in [-0.2, 0) is 23.1 Å². The number of likely N-dealkylation sites (N-methyl/N-ethyl adjacent to an activating group) is 2. The molecule has 0 heterocycles. The highest BCUT2D eigenvalue weighted by atomic mass is 32.1. The van der Waals surface area contributed by atoms with Gasteiger partial charge in [-0.25, -0.2) is 9.59 Å². The SMILES string of the molecule is CC(=O)[N+](C)(C)CCO.CC(=O)[N+](C)(C)CCO.[S-2]. The van der Waals surface area contributed by atoms with Crippen LogP contribution in [-0.4, -0.2) is 85.5 Å². The lowest BCUT2D eigenvalue weighted by Gasteiger charge is -2.23. The maximum Gasteiger partial charge on any atom is 0.310 e. The van der Waals surface area contributed by atoms with Crippen molar-refractivity contribution in [2.75, 3.05) is 54.5 Å². The fourth-order valence-corrected chi connectivity index (χ4v) is 0.815. The van der Waals surface area contributed by atoms with Crippen LogP contribution in [0.15, 0.2) is 0 Å². The fraction of sp³-hybridized carbons (Fsp3) is 0.833. The Morgan fingerprint density at radius 1 is 0.789 bits per heavy atom. The Labute approximate surface area is 123 Å². The van der Waals surface area contributed by atoms with Crippen molar-refractivity contribution in [1.82, 2.24) is 0 Å². The van der Waals surface area contributed by atoms with Crippen molar-refractivity contribution in [2.45, 2.75) is 13.8 Å². The molecule has 0 aromatic rings. The third-order valence-corrected chi connectivity index (χ3v) is 3.02. The Morgan fingerprint density at radius 2 is 1.00 bits per heavy atom. The summed E-state index contributed by atoms with van der Waals surface area (Å²) in [5, 5.41) is 17.0. The minimum absolute atomic E-state index is 0. The second-order valence-electron chi connectivity index (χ2n) is 5.30. The van der Waals surface area contributed by atoms with E-state index in [-0.39, 0.29) is 47.5 Å². The highest BCUT2D eigenvalue weighted by Crippen LogP contribution is 1.95. The first kappa shape index (κ1) is 23.6. The molecule has 0 aliphatic carbocycles. The summed E-state index contributed by atoms with van der Waals surface area (Å²) in [6, 6.07) is 0. The topological polar surface area (TPSA) is 74.6 Å². The molecule has 0 atom stereocenters. The van der Waals surface area contributed by atoms with E-state index >= 15 is 0 Å². The van der Waals surface area contributed by atoms with Gasteiger partial charge >= 0.3 is 11.8 Å². The molecule has 0 aliphatic heterocycles. The van der Waals surface area contributed by atoms with E-state index < -0.39 is 0 Å². The van der Waals surface area contributed by atoms with Gasteiger partial charge in [0.2, 0.25) is 0 Å². The maximum atomic E-state index is 10.7. The zero-order valence-corrected chi connectivity index (χ0v) is 13.7. The molecule has 0 saturated carbocycles. The molecule has 0 fully saturated rings. The zero-order chi connectivity index (χ0) is 15.0. The Bertz CT molecular complexity index is 253. The number of carbonyl (C=O) groups is 2. The monoisotopic (exact) mass is 296 g/mol. The number of amides is 2. The van der Waals surface area contributed by atoms with Gasteiger partial charge in [-0.3, -0.25) is 8.97 Å². The summed E-state index contributed by atoms with van der Waals surface area (Å²) in [4.78, 5) is 21.4. The first-order valence-electron chi connectivity index (χ1n) is 5.91. The Kier molecular flexibility index (Phi) is 12.8. The summed E-state index contributed by atoms with van der Waals surface area (Å²) in [6.45, 7) is 4.16. The van der Waals surface area contributed by atoms with Crippen LogP contribution in [0.2, 0.25) is 0 Å². The van der Waals surface area contributed by atoms with Crippen molar-refractivity contribution >= 4 is 25.3 Å². The molecule has 7 heteroatoms. The molecule has 0 saturated heterocycles. The molecule has 6 nitrogen and oxygen atoms in total. The average molecular weight is 296 g/mol. The number of hydrogen-bond donors (Lipinski definition) is 2. The van der Waals surface area contributed by atoms with Gasteiger partial charge in [-0.15, -0.1) is 0 Å². The molecule has 0 aromatic heterocycles. The molecule has 0 unspecified atom stereocenters. The van der Waals surface area contributed by atoms with E-state index in [1.54, 1.807) is 28.2 Å². The van der Waals surface area contributed by atoms with Crippen LogP contribution >= 0.6 is 0 Å². The number of hydrogen-bond acceptors (Lipinski definition) is 4. The predicted molar refractivity (Wildman–Crippen MR) is 76.8 cm³/mol. The van der Waals surface area contributed by atoms with E-state index in [2.05, 4.69) is 0 Å². The summed E-state index contributed by atoms with van der Waals surface area (Å²) in [5.41, 5.74) is 0. The number of nitrogens with zero attached hydrogens (tertiary/aromatic N) is 2. The first-order chi connectivity index (χ1) is 8.01. The maximum absolute atomic E-state index is 10.7. The number of aliphatic hydroxyl groups is 2. The minimum Gasteiger partial charge on any atom is -2.00 e. The van der Waals surface area contributed by atoms with Crippen LogP contribution in [0.3, 0.4) is 0 Å². The molecular formula is C12H28N2O4S. The molecule has 2 N–H and O–H groups in total. The van der Waals surface area contributed by atoms with Crippen LogP contribution in [0.4, 0.5) is 0 Å². The normalized spacial score (nSPS) is 10.9. The van der Waals surface area contributed by atoms with E-state index in [1.165, 1.54) is 13.8 Å². The molecule has 0 aromatic carbocycles. The number of carbonyl (C=O) groups excluding carboxylic acids is 2. The van der Waals surface area contributed by atoms with Gasteiger partial charge < -0.3 is 23.7 Å². The summed E-state index contributed by atoms with van der Waals surface area (Å²) < 4.78 is 0.521. The molecule has 0 aliphatic rings. The van der Waals surface area contributed by atoms with Crippen LogP contribution in [0.25, 0.3) is 0 Å². The summed E-state index contributed by atoms with van der Waals surface area (Å²) in [7, 11) is 7.11. The van der Waals surface area contributed by atoms with Crippen molar-refractivity contribution in [3.8, 4) is 0 Å². The molecular weight excluding hydrogens is 268 g/mol. The molecule has 2 amide bonds. The minimum atomic E-state index is 0. The van der Waals surface area contributed by atoms with Crippen LogP contribution in [0, 0.1) is 0 Å². The van der Waals surface area contributed by atoms with Gasteiger partial charge in [0.1, 0.15) is 13.1 Å². The van der Waals surface area contributed by atoms with Crippen molar-refractivity contribution < 1.29 is 28.8 Å². The van der Waals surface area contributed by atoms with Crippen LogP contribution in [0.1, 0.15) is 13.8 Å². The van der Waals surface area contributed by atoms with Crippen molar-refractivity contribution in [2.24, 2.45) is 0 Å². The number of rotatable bonds is 4. The van der Waals surface area contributed by atoms with Gasteiger partial charge in [-0.05, 0) is 0 Å². The van der Waals surface area contributed by atoms with E-state index in [9.17, 15) is 9.59 Å². The molecule has 0 radical (unpaired) electrons. The quantitative estimate of drug-likeness (QED) is 0.666. The smallest absolute Gasteiger partial charge is 0.310 e. The van der Waals surface area contributed by atoms with Crippen molar-refractivity contribution in [3.05, 3.63) is 0 Å². The van der Waals surface area contributed by atoms with E-state index in [1.807, 2.05) is 0 Å². The van der Waals surface area contributed by atoms with Gasteiger partial charge in [-0.1, -0.05) is 0 Å². The summed E-state index contributed by atoms with van der Waals surface area (Å²) in [5.74, 6) is 0.146. The highest BCUT2D eigenvalue weighted by molar-refractivity contribution is 7.37. The highest BCUT2D eigenvalue weighted by Gasteiger charge is 2.20. The van der Waals surface area contributed by atoms with Crippen LogP contribution in [0.5, 0.6) is 0 Å². The third kappa shape index (κ3) is 11.1. The standard InChI is InChI=1S/2C6H14NO2.S/c2*1-6(9)7(2,3)4-5-8;/h2*8H,4-5H2,1-3H3;/q2*+1;-2. The largest absolute Gasteiger partial charge is 2.00 e. The van der Waals surface area contributed by atoms with Gasteiger partial charge in [0.25, 0.3) is 0 Å². The van der Waals surface area contributed by atoms with Gasteiger partial charge in [0, 0.05) is 0 Å². The molecule has 116 valence electrons. The average Bonchev–Trinajstić information content (AvgIpc) is 2.17. The Balaban J connectivity index is -0.000000256. The Hall–Kier alpha value is -0.470. The zero-order valence-electron chi connectivity index (χ0n) is 12.8. The summed E-state index contributed by atoms with van der Waals surface area (Å²) in [6.07, 6.45) is 0. The lowest BCUT2D eigenvalue weighted by molar-refractivity contribution is -0.813. The van der Waals surface area contributed by atoms with Gasteiger partial charge in [0.05, 0.1) is 55.3 Å². The fourth-order valence-electron chi connectivity index (χ4n) is 0.815. The van der Waals surface area contributed by atoms with E-state index in [0.29, 0.717) is 13.1 Å². The molecule has 0 spiro atoms. The second kappa shape index (κ2) is 10.3. The summed E-state index contributed by atoms with van der Waals surface area (Å²) >= 11 is 0. The molecule has 19 heavy (non-hydrogen) atoms. The van der Waals surface area contributed by atoms with Gasteiger partial charge in [-0.2, -0.15) is 0 Å². The van der Waals surface area contributed by atoms with E-state index in [0.717, 1.165) is 0 Å². The Morgan fingerprint density at radius 3 is 1.05 bits per heavy atom. The second-order valence-corrected chi connectivity index (χ2v) is 5.30. The third-order valence-electron chi connectivity index (χ3n) is 3.02. The van der Waals surface area contributed by atoms with E-state index in [4.69, 9.17) is 10.2 Å². The lowest BCUT2D eigenvalue weighted by atomic mass is 10.4. The van der Waals surface area contributed by atoms with Crippen molar-refractivity contribution in [1.29, 1.82) is 0 Å². The first-order valence-corrected chi connectivity index (χ1v) is 5.91. The van der Waals surface area contributed by atoms with Gasteiger partial charge in [0.15, 0.2) is 0 Å². The lowest BCUT2D eigenvalue weighted by Crippen LogP contribution is -2.45. The van der Waals surface area contributed by atoms with Crippen molar-refractivity contribution in [3.63, 3.8) is 0 Å². The van der Waals surface area contributed by atoms with Crippen LogP contribution < -0.4 is 0 Å². The predicted octanol–water partition coefficient (Wildman–Crippen LogP) is -0.799.